The number of nitrogen functional groups attached to an aromatic ring is 2. The molecule has 3 saturated carbocycles. The summed E-state index contributed by atoms with van der Waals surface area (Å²) in [6.07, 6.45) is 20.6. The molecule has 4 heterocycles. The zero-order chi connectivity index (χ0) is 40.6. The molecule has 5 aliphatic carbocycles. The zero-order valence-electron chi connectivity index (χ0n) is 34.4. The van der Waals surface area contributed by atoms with Crippen LogP contribution in [-0.2, 0) is 35.0 Å². The van der Waals surface area contributed by atoms with Crippen LogP contribution in [0.3, 0.4) is 0 Å². The van der Waals surface area contributed by atoms with Crippen molar-refractivity contribution in [3.63, 3.8) is 0 Å². The third kappa shape index (κ3) is 9.56. The number of anilines is 2. The fraction of sp³-hybridized carbons (Fsp3) is 0.438. The van der Waals surface area contributed by atoms with Crippen molar-refractivity contribution in [2.75, 3.05) is 11.5 Å². The first-order chi connectivity index (χ1) is 27.9. The molecule has 5 aromatic rings. The average molecular weight is 906 g/mol. The summed E-state index contributed by atoms with van der Waals surface area (Å²) in [7, 11) is -0.268. The van der Waals surface area contributed by atoms with Crippen molar-refractivity contribution in [2.24, 2.45) is 0 Å². The normalized spacial score (nSPS) is 19.4. The summed E-state index contributed by atoms with van der Waals surface area (Å²) < 4.78 is 14.3. The molecule has 0 radical (unpaired) electrons. The number of aryl methyl sites for hydroxylation is 2. The van der Waals surface area contributed by atoms with Gasteiger partial charge in [-0.15, -0.1) is 0 Å². The van der Waals surface area contributed by atoms with Gasteiger partial charge in [0.2, 0.25) is 0 Å². The van der Waals surface area contributed by atoms with Gasteiger partial charge in [0.25, 0.3) is 0 Å². The Morgan fingerprint density at radius 1 is 0.586 bits per heavy atom. The van der Waals surface area contributed by atoms with Crippen molar-refractivity contribution in [3.05, 3.63) is 128 Å². The van der Waals surface area contributed by atoms with E-state index in [0.29, 0.717) is 11.8 Å². The summed E-state index contributed by atoms with van der Waals surface area (Å²) in [5.41, 5.74) is 26.4. The highest BCUT2D eigenvalue weighted by molar-refractivity contribution is 9.10. The van der Waals surface area contributed by atoms with Gasteiger partial charge in [0.15, 0.2) is 0 Å². The summed E-state index contributed by atoms with van der Waals surface area (Å²) in [6.45, 7) is 8.32. The molecule has 0 unspecified atom stereocenters. The smallest absolute Gasteiger partial charge is 0.399 e. The van der Waals surface area contributed by atoms with E-state index in [-0.39, 0.29) is 18.3 Å². The third-order valence-electron chi connectivity index (χ3n) is 12.8. The van der Waals surface area contributed by atoms with E-state index in [0.717, 1.165) is 44.5 Å². The quantitative estimate of drug-likeness (QED) is 0.134. The zero-order valence-corrected chi connectivity index (χ0v) is 37.5. The second-order valence-corrected chi connectivity index (χ2v) is 19.5. The fourth-order valence-corrected chi connectivity index (χ4v) is 8.77. The van der Waals surface area contributed by atoms with Crippen molar-refractivity contribution in [1.82, 2.24) is 15.0 Å². The predicted octanol–water partition coefficient (Wildman–Crippen LogP) is 11.2. The Labute approximate surface area is 361 Å². The number of pyridine rings is 3. The molecule has 0 bridgehead atoms. The molecule has 0 atom stereocenters. The van der Waals surface area contributed by atoms with Crippen molar-refractivity contribution in [2.45, 2.75) is 134 Å². The second kappa shape index (κ2) is 17.2. The molecule has 302 valence electrons. The van der Waals surface area contributed by atoms with Crippen LogP contribution in [0, 0.1) is 0 Å². The van der Waals surface area contributed by atoms with Gasteiger partial charge in [-0.25, -0.2) is 0 Å². The maximum absolute atomic E-state index is 6.39. The lowest BCUT2D eigenvalue weighted by Gasteiger charge is -2.32. The van der Waals surface area contributed by atoms with Gasteiger partial charge in [0.05, 0.1) is 11.2 Å². The molecule has 0 spiro atoms. The number of halogens is 2. The number of hydrogen-bond acceptors (Lipinski definition) is 7. The van der Waals surface area contributed by atoms with Crippen LogP contribution in [0.2, 0.25) is 0 Å². The largest absolute Gasteiger partial charge is 0.494 e. The molecular formula is C48H56BBr2N5O2. The van der Waals surface area contributed by atoms with Gasteiger partial charge in [0.1, 0.15) is 0 Å². The van der Waals surface area contributed by atoms with Crippen molar-refractivity contribution in [3.8, 4) is 11.1 Å². The molecule has 4 fully saturated rings. The van der Waals surface area contributed by atoms with Gasteiger partial charge in [-0.1, -0.05) is 34.1 Å². The Hall–Kier alpha value is -3.57. The Balaban J connectivity index is 0.000000112. The van der Waals surface area contributed by atoms with E-state index in [1.165, 1.54) is 115 Å². The number of hydrogen-bond donors (Lipinski definition) is 2. The maximum Gasteiger partial charge on any atom is 0.494 e. The highest BCUT2D eigenvalue weighted by Gasteiger charge is 2.51. The van der Waals surface area contributed by atoms with E-state index in [1.807, 2.05) is 36.8 Å². The summed E-state index contributed by atoms with van der Waals surface area (Å²) >= 11 is 6.84. The van der Waals surface area contributed by atoms with Crippen LogP contribution in [-0.4, -0.2) is 33.3 Å². The van der Waals surface area contributed by atoms with E-state index in [2.05, 4.69) is 117 Å². The molecule has 3 aromatic heterocycles. The summed E-state index contributed by atoms with van der Waals surface area (Å²) in [4.78, 5) is 13.2. The van der Waals surface area contributed by atoms with Gasteiger partial charge in [-0.3, -0.25) is 15.0 Å². The highest BCUT2D eigenvalue weighted by atomic mass is 79.9. The number of benzene rings is 2. The first-order valence-corrected chi connectivity index (χ1v) is 22.8. The molecule has 10 heteroatoms. The lowest BCUT2D eigenvalue weighted by atomic mass is 9.79. The standard InChI is InChI=1S/C17H18N2.C14H20BNO2.C9H10BrN.C8H8BrN/c18-17-14-3-1-2-11(14)6-7-15(17)13-8-9-19-16(10-13)12-4-5-12;1-13(2)14(3,4)18-15(17-13)11-7-8-16-12(9-11)10-5-6-10;10-8-5-4-6-2-1-3-7(6)9(8)11;9-7-3-4-10-8(5-7)6-1-2-6/h6-10,12H,1-5,18H2;7-10H,5-6H2,1-4H3;4-5H,1-3,11H2;3-6H,1-2H2. The number of fused-ring (bicyclic) bond motifs is 2. The highest BCUT2D eigenvalue weighted by Crippen LogP contribution is 2.43. The van der Waals surface area contributed by atoms with Crippen LogP contribution < -0.4 is 16.9 Å². The van der Waals surface area contributed by atoms with Crippen molar-refractivity contribution < 1.29 is 9.31 Å². The van der Waals surface area contributed by atoms with Crippen LogP contribution in [0.4, 0.5) is 11.4 Å². The Morgan fingerprint density at radius 2 is 1.09 bits per heavy atom. The first-order valence-electron chi connectivity index (χ1n) is 21.2. The second-order valence-electron chi connectivity index (χ2n) is 17.8. The molecule has 1 saturated heterocycles. The lowest BCUT2D eigenvalue weighted by Crippen LogP contribution is -2.41. The van der Waals surface area contributed by atoms with Gasteiger partial charge in [-0.2, -0.15) is 0 Å². The van der Waals surface area contributed by atoms with E-state index in [9.17, 15) is 0 Å². The first kappa shape index (κ1) is 41.2. The Bertz CT molecular complexity index is 2250. The van der Waals surface area contributed by atoms with Gasteiger partial charge < -0.3 is 20.8 Å². The molecule has 6 aliphatic rings. The van der Waals surface area contributed by atoms with Crippen LogP contribution in [0.25, 0.3) is 11.1 Å². The SMILES string of the molecule is Brc1ccnc(C2CC2)c1.CC1(C)OB(c2ccnc(C3CC3)c2)OC1(C)C.Nc1c(-c2ccnc(C3CC3)c2)ccc2c1CCC2.Nc1c(Br)ccc2c1CCC2. The Morgan fingerprint density at radius 3 is 1.66 bits per heavy atom. The number of aromatic nitrogens is 3. The Kier molecular flexibility index (Phi) is 12.2. The summed E-state index contributed by atoms with van der Waals surface area (Å²) in [5.74, 6) is 2.11. The van der Waals surface area contributed by atoms with Gasteiger partial charge in [0, 0.05) is 79.3 Å². The minimum Gasteiger partial charge on any atom is -0.399 e. The topological polar surface area (TPSA) is 109 Å². The molecule has 1 aliphatic heterocycles. The van der Waals surface area contributed by atoms with Crippen LogP contribution in [0.5, 0.6) is 0 Å². The maximum atomic E-state index is 6.39. The minimum absolute atomic E-state index is 0.268. The fourth-order valence-electron chi connectivity index (χ4n) is 8.05. The van der Waals surface area contributed by atoms with Gasteiger partial charge in [-0.05, 0) is 196 Å². The van der Waals surface area contributed by atoms with E-state index < -0.39 is 0 Å². The molecule has 2 aromatic carbocycles. The van der Waals surface area contributed by atoms with Crippen LogP contribution >= 0.6 is 31.9 Å². The lowest BCUT2D eigenvalue weighted by molar-refractivity contribution is 0.00578. The molecule has 0 amide bonds. The average Bonchev–Trinajstić information content (AvgIpc) is 4.14. The molecule has 7 nitrogen and oxygen atoms in total. The van der Waals surface area contributed by atoms with E-state index >= 15 is 0 Å². The number of rotatable bonds is 5. The van der Waals surface area contributed by atoms with E-state index in [4.69, 9.17) is 20.8 Å². The molecule has 11 rings (SSSR count). The number of nitrogens with two attached hydrogens (primary N) is 2. The van der Waals surface area contributed by atoms with Crippen LogP contribution in [0.15, 0.2) is 88.2 Å². The monoisotopic (exact) mass is 903 g/mol. The molecular weight excluding hydrogens is 849 g/mol. The predicted molar refractivity (Wildman–Crippen MR) is 245 cm³/mol. The van der Waals surface area contributed by atoms with Crippen molar-refractivity contribution in [1.29, 1.82) is 0 Å². The van der Waals surface area contributed by atoms with Gasteiger partial charge >= 0.3 is 7.12 Å². The summed E-state index contributed by atoms with van der Waals surface area (Å²) in [6, 6.07) is 21.2. The third-order valence-corrected chi connectivity index (χ3v) is 13.9. The number of nitrogens with zero attached hydrogens (tertiary/aromatic N) is 3. The van der Waals surface area contributed by atoms with Crippen LogP contribution in [0.1, 0.15) is 136 Å². The minimum atomic E-state index is -0.277. The molecule has 4 N–H and O–H groups in total. The van der Waals surface area contributed by atoms with Crippen molar-refractivity contribution >= 4 is 55.8 Å². The molecule has 58 heavy (non-hydrogen) atoms. The summed E-state index contributed by atoms with van der Waals surface area (Å²) in [5, 5.41) is 0. The van der Waals surface area contributed by atoms with E-state index in [1.54, 1.807) is 0 Å².